The standard InChI is InChI=1S/C17H26IN3/c1-11-6-5-9-13(10-11)16-20-15(12-7-3-4-8-12)14(18)17(19-2)21-16/h11-13H,3-10H2,1-2H3,(H,19,20,21). The van der Waals surface area contributed by atoms with Gasteiger partial charge in [0.1, 0.15) is 11.6 Å². The highest BCUT2D eigenvalue weighted by Gasteiger charge is 2.27. The van der Waals surface area contributed by atoms with Gasteiger partial charge in [0.25, 0.3) is 0 Å². The van der Waals surface area contributed by atoms with Gasteiger partial charge in [-0.2, -0.15) is 0 Å². The average Bonchev–Trinajstić information content (AvgIpc) is 3.01. The third-order valence-electron chi connectivity index (χ3n) is 5.17. The van der Waals surface area contributed by atoms with Gasteiger partial charge in [0.2, 0.25) is 0 Å². The van der Waals surface area contributed by atoms with Crippen LogP contribution in [-0.2, 0) is 0 Å². The summed E-state index contributed by atoms with van der Waals surface area (Å²) in [7, 11) is 1.98. The molecule has 0 spiro atoms. The van der Waals surface area contributed by atoms with Crippen molar-refractivity contribution in [3.05, 3.63) is 15.1 Å². The van der Waals surface area contributed by atoms with Crippen LogP contribution in [0.4, 0.5) is 5.82 Å². The van der Waals surface area contributed by atoms with E-state index in [9.17, 15) is 0 Å². The van der Waals surface area contributed by atoms with Crippen LogP contribution in [0.5, 0.6) is 0 Å². The zero-order valence-corrected chi connectivity index (χ0v) is 15.3. The number of aromatic nitrogens is 2. The Labute approximate surface area is 141 Å². The molecule has 116 valence electrons. The number of rotatable bonds is 3. The normalized spacial score (nSPS) is 27.0. The Kier molecular flexibility index (Phi) is 5.02. The van der Waals surface area contributed by atoms with Crippen molar-refractivity contribution in [2.75, 3.05) is 12.4 Å². The molecule has 0 aromatic carbocycles. The molecule has 1 aromatic rings. The second kappa shape index (κ2) is 6.80. The Morgan fingerprint density at radius 1 is 1.00 bits per heavy atom. The number of nitrogens with one attached hydrogen (secondary N) is 1. The SMILES string of the molecule is CNc1nc(C2CCCC(C)C2)nc(C2CCCC2)c1I. The van der Waals surface area contributed by atoms with Gasteiger partial charge in [-0.1, -0.05) is 32.6 Å². The van der Waals surface area contributed by atoms with Gasteiger partial charge in [0.05, 0.1) is 9.26 Å². The van der Waals surface area contributed by atoms with Gasteiger partial charge in [0.15, 0.2) is 0 Å². The van der Waals surface area contributed by atoms with Crippen LogP contribution in [0.2, 0.25) is 0 Å². The maximum atomic E-state index is 5.06. The summed E-state index contributed by atoms with van der Waals surface area (Å²) in [6.45, 7) is 2.37. The monoisotopic (exact) mass is 399 g/mol. The van der Waals surface area contributed by atoms with E-state index < -0.39 is 0 Å². The zero-order chi connectivity index (χ0) is 14.8. The van der Waals surface area contributed by atoms with Crippen molar-refractivity contribution >= 4 is 28.4 Å². The van der Waals surface area contributed by atoms with Crippen LogP contribution in [0, 0.1) is 9.49 Å². The number of hydrogen-bond donors (Lipinski definition) is 1. The zero-order valence-electron chi connectivity index (χ0n) is 13.2. The molecule has 2 saturated carbocycles. The van der Waals surface area contributed by atoms with Crippen LogP contribution in [0.1, 0.15) is 81.6 Å². The Morgan fingerprint density at radius 3 is 2.38 bits per heavy atom. The van der Waals surface area contributed by atoms with Gasteiger partial charge in [0, 0.05) is 18.9 Å². The van der Waals surface area contributed by atoms with Gasteiger partial charge in [-0.05, 0) is 54.2 Å². The molecule has 2 aliphatic rings. The van der Waals surface area contributed by atoms with Crippen LogP contribution >= 0.6 is 22.6 Å². The van der Waals surface area contributed by atoms with E-state index >= 15 is 0 Å². The summed E-state index contributed by atoms with van der Waals surface area (Å²) in [6.07, 6.45) is 10.5. The molecule has 4 heteroatoms. The van der Waals surface area contributed by atoms with Crippen LogP contribution in [-0.4, -0.2) is 17.0 Å². The fraction of sp³-hybridized carbons (Fsp3) is 0.765. The van der Waals surface area contributed by atoms with Gasteiger partial charge >= 0.3 is 0 Å². The van der Waals surface area contributed by atoms with Crippen molar-refractivity contribution in [3.63, 3.8) is 0 Å². The first-order valence-corrected chi connectivity index (χ1v) is 9.52. The summed E-state index contributed by atoms with van der Waals surface area (Å²) in [4.78, 5) is 9.91. The predicted octanol–water partition coefficient (Wildman–Crippen LogP) is 5.07. The highest BCUT2D eigenvalue weighted by molar-refractivity contribution is 14.1. The molecule has 1 heterocycles. The molecule has 2 unspecified atom stereocenters. The molecule has 0 saturated heterocycles. The molecule has 0 bridgehead atoms. The Balaban J connectivity index is 1.94. The topological polar surface area (TPSA) is 37.8 Å². The molecule has 21 heavy (non-hydrogen) atoms. The molecule has 0 amide bonds. The molecule has 3 rings (SSSR count). The Morgan fingerprint density at radius 2 is 1.71 bits per heavy atom. The van der Waals surface area contributed by atoms with Crippen molar-refractivity contribution in [2.24, 2.45) is 5.92 Å². The van der Waals surface area contributed by atoms with E-state index in [0.29, 0.717) is 11.8 Å². The lowest BCUT2D eigenvalue weighted by molar-refractivity contribution is 0.334. The quantitative estimate of drug-likeness (QED) is 0.721. The molecular weight excluding hydrogens is 373 g/mol. The fourth-order valence-corrected chi connectivity index (χ4v) is 4.92. The van der Waals surface area contributed by atoms with E-state index in [1.165, 1.54) is 60.6 Å². The largest absolute Gasteiger partial charge is 0.372 e. The summed E-state index contributed by atoms with van der Waals surface area (Å²) in [5, 5.41) is 3.29. The minimum absolute atomic E-state index is 0.568. The highest BCUT2D eigenvalue weighted by Crippen LogP contribution is 2.40. The first kappa shape index (κ1) is 15.5. The lowest BCUT2D eigenvalue weighted by Crippen LogP contribution is -2.17. The Hall–Kier alpha value is -0.390. The second-order valence-corrected chi connectivity index (χ2v) is 7.91. The number of nitrogens with zero attached hydrogens (tertiary/aromatic N) is 2. The maximum Gasteiger partial charge on any atom is 0.143 e. The lowest BCUT2D eigenvalue weighted by Gasteiger charge is -2.27. The van der Waals surface area contributed by atoms with Crippen LogP contribution in [0.25, 0.3) is 0 Å². The number of anilines is 1. The van der Waals surface area contributed by atoms with Crippen molar-refractivity contribution in [1.82, 2.24) is 9.97 Å². The fourth-order valence-electron chi connectivity index (χ4n) is 3.97. The molecule has 2 fully saturated rings. The number of halogens is 1. The Bertz CT molecular complexity index is 497. The molecule has 1 aromatic heterocycles. The summed E-state index contributed by atoms with van der Waals surface area (Å²) in [5.41, 5.74) is 1.32. The summed E-state index contributed by atoms with van der Waals surface area (Å²) in [5.74, 6) is 4.19. The first-order chi connectivity index (χ1) is 10.2. The first-order valence-electron chi connectivity index (χ1n) is 8.44. The van der Waals surface area contributed by atoms with Crippen molar-refractivity contribution in [2.45, 2.75) is 70.1 Å². The maximum absolute atomic E-state index is 5.06. The smallest absolute Gasteiger partial charge is 0.143 e. The van der Waals surface area contributed by atoms with E-state index in [1.807, 2.05) is 7.05 Å². The van der Waals surface area contributed by atoms with E-state index in [0.717, 1.165) is 17.6 Å². The van der Waals surface area contributed by atoms with E-state index in [2.05, 4.69) is 34.8 Å². The lowest BCUT2D eigenvalue weighted by atomic mass is 9.82. The van der Waals surface area contributed by atoms with Crippen molar-refractivity contribution in [3.8, 4) is 0 Å². The molecule has 2 atom stereocenters. The average molecular weight is 399 g/mol. The minimum Gasteiger partial charge on any atom is -0.372 e. The van der Waals surface area contributed by atoms with Gasteiger partial charge in [-0.3, -0.25) is 0 Å². The molecule has 0 radical (unpaired) electrons. The predicted molar refractivity (Wildman–Crippen MR) is 95.9 cm³/mol. The molecule has 2 aliphatic carbocycles. The van der Waals surface area contributed by atoms with Crippen LogP contribution in [0.15, 0.2) is 0 Å². The molecular formula is C17H26IN3. The van der Waals surface area contributed by atoms with Crippen LogP contribution < -0.4 is 5.32 Å². The minimum atomic E-state index is 0.568. The van der Waals surface area contributed by atoms with E-state index in [1.54, 1.807) is 0 Å². The van der Waals surface area contributed by atoms with E-state index in [-0.39, 0.29) is 0 Å². The van der Waals surface area contributed by atoms with Gasteiger partial charge < -0.3 is 5.32 Å². The van der Waals surface area contributed by atoms with E-state index in [4.69, 9.17) is 9.97 Å². The highest BCUT2D eigenvalue weighted by atomic mass is 127. The summed E-state index contributed by atoms with van der Waals surface area (Å²) >= 11 is 2.43. The second-order valence-electron chi connectivity index (χ2n) is 6.83. The summed E-state index contributed by atoms with van der Waals surface area (Å²) < 4.78 is 1.25. The van der Waals surface area contributed by atoms with Crippen molar-refractivity contribution in [1.29, 1.82) is 0 Å². The number of hydrogen-bond acceptors (Lipinski definition) is 3. The third kappa shape index (κ3) is 3.35. The van der Waals surface area contributed by atoms with Gasteiger partial charge in [-0.25, -0.2) is 9.97 Å². The molecule has 0 aliphatic heterocycles. The molecule has 1 N–H and O–H groups in total. The van der Waals surface area contributed by atoms with Crippen molar-refractivity contribution < 1.29 is 0 Å². The van der Waals surface area contributed by atoms with Crippen LogP contribution in [0.3, 0.4) is 0 Å². The van der Waals surface area contributed by atoms with Gasteiger partial charge in [-0.15, -0.1) is 0 Å². The molecule has 3 nitrogen and oxygen atoms in total. The summed E-state index contributed by atoms with van der Waals surface area (Å²) in [6, 6.07) is 0. The third-order valence-corrected chi connectivity index (χ3v) is 6.24.